The van der Waals surface area contributed by atoms with Gasteiger partial charge in [-0.1, -0.05) is 13.8 Å². The molecule has 0 spiro atoms. The van der Waals surface area contributed by atoms with Crippen LogP contribution in [0.2, 0.25) is 0 Å². The predicted octanol–water partition coefficient (Wildman–Crippen LogP) is 2.75. The molecule has 0 saturated carbocycles. The first-order valence-corrected chi connectivity index (χ1v) is 8.14. The highest BCUT2D eigenvalue weighted by atomic mass is 19.3. The van der Waals surface area contributed by atoms with Crippen molar-refractivity contribution in [3.8, 4) is 17.0 Å². The minimum atomic E-state index is -2.86. The number of H-pyrrole nitrogens is 1. The first kappa shape index (κ1) is 18.9. The van der Waals surface area contributed by atoms with Crippen molar-refractivity contribution >= 4 is 5.91 Å². The molecule has 1 heterocycles. The molecule has 0 atom stereocenters. The number of hydrogen-bond acceptors (Lipinski definition) is 4. The molecule has 0 aliphatic heterocycles. The van der Waals surface area contributed by atoms with Crippen molar-refractivity contribution in [3.63, 3.8) is 0 Å². The number of likely N-dealkylation sites (N-methyl/N-ethyl adjacent to an activating group) is 1. The molecule has 136 valence electrons. The van der Waals surface area contributed by atoms with Crippen LogP contribution in [-0.4, -0.2) is 53.8 Å². The van der Waals surface area contributed by atoms with Crippen molar-refractivity contribution < 1.29 is 18.3 Å². The van der Waals surface area contributed by atoms with Gasteiger partial charge in [0, 0.05) is 18.7 Å². The van der Waals surface area contributed by atoms with Gasteiger partial charge in [-0.3, -0.25) is 9.89 Å². The second kappa shape index (κ2) is 9.12. The zero-order chi connectivity index (χ0) is 18.2. The zero-order valence-corrected chi connectivity index (χ0v) is 14.3. The first-order valence-electron chi connectivity index (χ1n) is 8.14. The Balaban J connectivity index is 1.93. The van der Waals surface area contributed by atoms with E-state index in [9.17, 15) is 13.6 Å². The summed E-state index contributed by atoms with van der Waals surface area (Å²) in [5, 5.41) is 9.62. The number of amides is 1. The molecular formula is C17H22F2N4O2. The Bertz CT molecular complexity index is 670. The molecule has 8 heteroatoms. The normalized spacial score (nSPS) is 11.1. The number of alkyl halides is 2. The van der Waals surface area contributed by atoms with E-state index in [0.717, 1.165) is 19.6 Å². The number of aromatic amines is 1. The first-order chi connectivity index (χ1) is 12.0. The third-order valence-electron chi connectivity index (χ3n) is 3.81. The second-order valence-electron chi connectivity index (χ2n) is 5.35. The molecule has 0 aliphatic carbocycles. The van der Waals surface area contributed by atoms with Gasteiger partial charge >= 0.3 is 6.61 Å². The zero-order valence-electron chi connectivity index (χ0n) is 14.3. The average molecular weight is 352 g/mol. The smallest absolute Gasteiger partial charge is 0.387 e. The molecule has 0 radical (unpaired) electrons. The van der Waals surface area contributed by atoms with E-state index in [-0.39, 0.29) is 11.7 Å². The molecule has 1 aromatic heterocycles. The van der Waals surface area contributed by atoms with Crippen LogP contribution in [0.3, 0.4) is 0 Å². The average Bonchev–Trinajstić information content (AvgIpc) is 3.09. The highest BCUT2D eigenvalue weighted by Gasteiger charge is 2.12. The molecule has 0 aliphatic rings. The van der Waals surface area contributed by atoms with E-state index >= 15 is 0 Å². The summed E-state index contributed by atoms with van der Waals surface area (Å²) in [5.74, 6) is -0.160. The molecule has 2 N–H and O–H groups in total. The number of carbonyl (C=O) groups excluding carboxylic acids is 1. The van der Waals surface area contributed by atoms with Gasteiger partial charge in [-0.2, -0.15) is 13.9 Å². The van der Waals surface area contributed by atoms with Gasteiger partial charge in [0.25, 0.3) is 5.91 Å². The summed E-state index contributed by atoms with van der Waals surface area (Å²) in [7, 11) is 0. The summed E-state index contributed by atoms with van der Waals surface area (Å²) in [6.07, 6.45) is 0. The highest BCUT2D eigenvalue weighted by molar-refractivity contribution is 5.93. The fourth-order valence-corrected chi connectivity index (χ4v) is 2.36. The predicted molar refractivity (Wildman–Crippen MR) is 90.8 cm³/mol. The standard InChI is InChI=1S/C17H22F2N4O2/c1-3-23(4-2)10-9-20-16(24)15-11-14(21-22-15)12-5-7-13(8-6-12)25-17(18)19/h5-8,11,17H,3-4,9-10H2,1-2H3,(H,20,24)(H,21,22). The number of benzene rings is 1. The fraction of sp³-hybridized carbons (Fsp3) is 0.412. The van der Waals surface area contributed by atoms with Crippen molar-refractivity contribution in [3.05, 3.63) is 36.0 Å². The summed E-state index contributed by atoms with van der Waals surface area (Å²) >= 11 is 0. The number of hydrogen-bond donors (Lipinski definition) is 2. The Morgan fingerprint density at radius 3 is 2.56 bits per heavy atom. The van der Waals surface area contributed by atoms with Crippen LogP contribution < -0.4 is 10.1 Å². The summed E-state index contributed by atoms with van der Waals surface area (Å²) in [6, 6.07) is 7.70. The Hall–Kier alpha value is -2.48. The number of ether oxygens (including phenoxy) is 1. The van der Waals surface area contributed by atoms with Crippen LogP contribution in [0.25, 0.3) is 11.3 Å². The molecule has 0 bridgehead atoms. The van der Waals surface area contributed by atoms with E-state index in [4.69, 9.17) is 0 Å². The number of rotatable bonds is 9. The van der Waals surface area contributed by atoms with E-state index in [1.165, 1.54) is 12.1 Å². The number of aromatic nitrogens is 2. The quantitative estimate of drug-likeness (QED) is 0.728. The molecule has 2 aromatic rings. The summed E-state index contributed by atoms with van der Waals surface area (Å²) < 4.78 is 28.6. The van der Waals surface area contributed by atoms with E-state index < -0.39 is 6.61 Å². The van der Waals surface area contributed by atoms with E-state index in [1.807, 2.05) is 0 Å². The van der Waals surface area contributed by atoms with E-state index in [1.54, 1.807) is 18.2 Å². The van der Waals surface area contributed by atoms with Gasteiger partial charge in [-0.25, -0.2) is 0 Å². The maximum absolute atomic E-state index is 12.1. The lowest BCUT2D eigenvalue weighted by Crippen LogP contribution is -2.34. The fourth-order valence-electron chi connectivity index (χ4n) is 2.36. The van der Waals surface area contributed by atoms with Gasteiger partial charge in [0.15, 0.2) is 0 Å². The van der Waals surface area contributed by atoms with Crippen molar-refractivity contribution in [2.45, 2.75) is 20.5 Å². The van der Waals surface area contributed by atoms with Crippen molar-refractivity contribution in [1.82, 2.24) is 20.4 Å². The lowest BCUT2D eigenvalue weighted by atomic mass is 10.1. The molecule has 6 nitrogen and oxygen atoms in total. The maximum Gasteiger partial charge on any atom is 0.387 e. The Morgan fingerprint density at radius 2 is 1.96 bits per heavy atom. The van der Waals surface area contributed by atoms with Gasteiger partial charge in [-0.05, 0) is 43.4 Å². The third-order valence-corrected chi connectivity index (χ3v) is 3.81. The molecule has 0 saturated heterocycles. The third kappa shape index (κ3) is 5.53. The lowest BCUT2D eigenvalue weighted by molar-refractivity contribution is -0.0498. The second-order valence-corrected chi connectivity index (χ2v) is 5.35. The molecule has 0 fully saturated rings. The molecule has 2 rings (SSSR count). The minimum absolute atomic E-state index is 0.0728. The SMILES string of the molecule is CCN(CC)CCNC(=O)c1cc(-c2ccc(OC(F)F)cc2)n[nH]1. The molecular weight excluding hydrogens is 330 g/mol. The topological polar surface area (TPSA) is 70.2 Å². The number of carbonyl (C=O) groups is 1. The van der Waals surface area contributed by atoms with Crippen LogP contribution in [0.1, 0.15) is 24.3 Å². The van der Waals surface area contributed by atoms with E-state index in [0.29, 0.717) is 23.5 Å². The number of nitrogens with one attached hydrogen (secondary N) is 2. The molecule has 0 unspecified atom stereocenters. The number of nitrogens with zero attached hydrogens (tertiary/aromatic N) is 2. The molecule has 1 aromatic carbocycles. The van der Waals surface area contributed by atoms with Crippen molar-refractivity contribution in [2.75, 3.05) is 26.2 Å². The Labute approximate surface area is 145 Å². The summed E-state index contributed by atoms with van der Waals surface area (Å²) in [5.41, 5.74) is 1.60. The van der Waals surface area contributed by atoms with Crippen molar-refractivity contribution in [1.29, 1.82) is 0 Å². The lowest BCUT2D eigenvalue weighted by Gasteiger charge is -2.17. The molecule has 1 amide bonds. The highest BCUT2D eigenvalue weighted by Crippen LogP contribution is 2.22. The Kier molecular flexibility index (Phi) is 6.88. The van der Waals surface area contributed by atoms with E-state index in [2.05, 4.69) is 39.0 Å². The van der Waals surface area contributed by atoms with Gasteiger partial charge in [0.1, 0.15) is 11.4 Å². The van der Waals surface area contributed by atoms with Gasteiger partial charge in [0.05, 0.1) is 5.69 Å². The van der Waals surface area contributed by atoms with Gasteiger partial charge in [-0.15, -0.1) is 0 Å². The van der Waals surface area contributed by atoms with Crippen LogP contribution in [0.15, 0.2) is 30.3 Å². The van der Waals surface area contributed by atoms with Gasteiger partial charge in [0.2, 0.25) is 0 Å². The van der Waals surface area contributed by atoms with Crippen LogP contribution in [0, 0.1) is 0 Å². The van der Waals surface area contributed by atoms with Crippen LogP contribution in [-0.2, 0) is 0 Å². The number of halogens is 2. The van der Waals surface area contributed by atoms with Gasteiger partial charge < -0.3 is 15.0 Å². The summed E-state index contributed by atoms with van der Waals surface area (Å²) in [4.78, 5) is 14.3. The minimum Gasteiger partial charge on any atom is -0.435 e. The van der Waals surface area contributed by atoms with Crippen LogP contribution >= 0.6 is 0 Å². The van der Waals surface area contributed by atoms with Crippen molar-refractivity contribution in [2.24, 2.45) is 0 Å². The Morgan fingerprint density at radius 1 is 1.28 bits per heavy atom. The van der Waals surface area contributed by atoms with Crippen LogP contribution in [0.4, 0.5) is 8.78 Å². The largest absolute Gasteiger partial charge is 0.435 e. The van der Waals surface area contributed by atoms with Crippen LogP contribution in [0.5, 0.6) is 5.75 Å². The molecule has 25 heavy (non-hydrogen) atoms. The monoisotopic (exact) mass is 352 g/mol. The maximum atomic E-state index is 12.1. The summed E-state index contributed by atoms with van der Waals surface area (Å²) in [6.45, 7) is 4.49.